The summed E-state index contributed by atoms with van der Waals surface area (Å²) in [4.78, 5) is 13.3. The summed E-state index contributed by atoms with van der Waals surface area (Å²) in [5.41, 5.74) is 1.42. The van der Waals surface area contributed by atoms with Crippen molar-refractivity contribution in [3.8, 4) is 12.1 Å². The lowest BCUT2D eigenvalue weighted by Crippen LogP contribution is -2.32. The Kier molecular flexibility index (Phi) is 4.68. The van der Waals surface area contributed by atoms with Crippen LogP contribution in [0.5, 0.6) is 0 Å². The number of hydrogen-bond acceptors (Lipinski definition) is 3. The van der Waals surface area contributed by atoms with Gasteiger partial charge in [0.05, 0.1) is 17.7 Å². The van der Waals surface area contributed by atoms with Crippen LogP contribution in [0.1, 0.15) is 15.9 Å². The first-order valence-electron chi connectivity index (χ1n) is 4.89. The number of rotatable bonds is 3. The Bertz CT molecular complexity index is 497. The number of nitriles is 2. The van der Waals surface area contributed by atoms with E-state index in [9.17, 15) is 4.79 Å². The van der Waals surface area contributed by atoms with Crippen molar-refractivity contribution >= 4 is 21.8 Å². The van der Waals surface area contributed by atoms with Crippen LogP contribution in [0.25, 0.3) is 0 Å². The zero-order valence-corrected chi connectivity index (χ0v) is 10.9. The number of carbonyl (C=O) groups is 1. The number of amides is 1. The molecule has 4 nitrogen and oxygen atoms in total. The van der Waals surface area contributed by atoms with Crippen LogP contribution in [0.3, 0.4) is 0 Å². The minimum Gasteiger partial charge on any atom is -0.312 e. The van der Waals surface area contributed by atoms with Gasteiger partial charge in [-0.1, -0.05) is 11.6 Å². The quantitative estimate of drug-likeness (QED) is 0.802. The molecule has 0 radical (unpaired) electrons. The van der Waals surface area contributed by atoms with Gasteiger partial charge in [0.2, 0.25) is 0 Å². The van der Waals surface area contributed by atoms with Crippen molar-refractivity contribution in [1.29, 1.82) is 10.5 Å². The molecular weight excluding hydrogens is 282 g/mol. The summed E-state index contributed by atoms with van der Waals surface area (Å²) in [6, 6.07) is 9.13. The largest absolute Gasteiger partial charge is 0.312 e. The number of carbonyl (C=O) groups excluding carboxylic acids is 1. The van der Waals surface area contributed by atoms with E-state index in [2.05, 4.69) is 15.9 Å². The van der Waals surface area contributed by atoms with Crippen LogP contribution in [0.4, 0.5) is 0 Å². The number of halogens is 1. The van der Waals surface area contributed by atoms with Crippen molar-refractivity contribution < 1.29 is 4.79 Å². The van der Waals surface area contributed by atoms with E-state index in [1.165, 1.54) is 4.90 Å². The molecule has 0 heterocycles. The van der Waals surface area contributed by atoms with E-state index >= 15 is 0 Å². The molecule has 5 heteroatoms. The molecule has 0 atom stereocenters. The van der Waals surface area contributed by atoms with Crippen molar-refractivity contribution in [2.75, 3.05) is 13.1 Å². The summed E-state index contributed by atoms with van der Waals surface area (Å²) < 4.78 is 0.661. The standard InChI is InChI=1S/C12H10BrN3O/c1-9-2-3-11(13)10(8-9)12(17)16(6-4-14)7-5-15/h2-3,8H,6-7H2,1H3. The third-order valence-electron chi connectivity index (χ3n) is 2.16. The molecule has 86 valence electrons. The third kappa shape index (κ3) is 3.30. The fourth-order valence-electron chi connectivity index (χ4n) is 1.34. The summed E-state index contributed by atoms with van der Waals surface area (Å²) in [5, 5.41) is 17.2. The molecular formula is C12H10BrN3O. The van der Waals surface area contributed by atoms with Gasteiger partial charge in [-0.05, 0) is 35.0 Å². The summed E-state index contributed by atoms with van der Waals surface area (Å²) in [6.07, 6.45) is 0. The van der Waals surface area contributed by atoms with Gasteiger partial charge in [0, 0.05) is 4.47 Å². The molecule has 0 saturated heterocycles. The molecule has 0 aliphatic carbocycles. The smallest absolute Gasteiger partial charge is 0.256 e. The highest BCUT2D eigenvalue weighted by atomic mass is 79.9. The van der Waals surface area contributed by atoms with E-state index in [4.69, 9.17) is 10.5 Å². The number of hydrogen-bond donors (Lipinski definition) is 0. The second kappa shape index (κ2) is 6.03. The highest BCUT2D eigenvalue weighted by Crippen LogP contribution is 2.19. The SMILES string of the molecule is Cc1ccc(Br)c(C(=O)N(CC#N)CC#N)c1. The van der Waals surface area contributed by atoms with Gasteiger partial charge < -0.3 is 4.90 Å². The van der Waals surface area contributed by atoms with Gasteiger partial charge in [-0.15, -0.1) is 0 Å². The average Bonchev–Trinajstić information content (AvgIpc) is 2.31. The van der Waals surface area contributed by atoms with Crippen LogP contribution in [0.15, 0.2) is 22.7 Å². The first-order valence-corrected chi connectivity index (χ1v) is 5.68. The van der Waals surface area contributed by atoms with Crippen LogP contribution in [0.2, 0.25) is 0 Å². The van der Waals surface area contributed by atoms with Crippen molar-refractivity contribution in [1.82, 2.24) is 4.90 Å². The fraction of sp³-hybridized carbons (Fsp3) is 0.250. The molecule has 0 aliphatic rings. The Morgan fingerprint density at radius 1 is 1.35 bits per heavy atom. The van der Waals surface area contributed by atoms with E-state index in [-0.39, 0.29) is 19.0 Å². The number of benzene rings is 1. The van der Waals surface area contributed by atoms with Crippen LogP contribution in [-0.4, -0.2) is 23.9 Å². The molecule has 0 bridgehead atoms. The molecule has 0 fully saturated rings. The van der Waals surface area contributed by atoms with Gasteiger partial charge in [-0.3, -0.25) is 4.79 Å². The zero-order valence-electron chi connectivity index (χ0n) is 9.27. The van der Waals surface area contributed by atoms with Crippen LogP contribution < -0.4 is 0 Å². The molecule has 1 aromatic carbocycles. The van der Waals surface area contributed by atoms with Gasteiger partial charge in [0.25, 0.3) is 5.91 Å². The van der Waals surface area contributed by atoms with Gasteiger partial charge in [0.15, 0.2) is 0 Å². The second-order valence-electron chi connectivity index (χ2n) is 3.46. The molecule has 0 saturated carbocycles. The molecule has 17 heavy (non-hydrogen) atoms. The maximum absolute atomic E-state index is 12.1. The summed E-state index contributed by atoms with van der Waals surface area (Å²) in [6.45, 7) is 1.70. The molecule has 0 unspecified atom stereocenters. The van der Waals surface area contributed by atoms with Gasteiger partial charge in [-0.2, -0.15) is 10.5 Å². The monoisotopic (exact) mass is 291 g/mol. The Labute approximate surface area is 108 Å². The lowest BCUT2D eigenvalue weighted by molar-refractivity contribution is 0.0793. The predicted octanol–water partition coefficient (Wildman–Crippen LogP) is 2.25. The number of aryl methyl sites for hydroxylation is 1. The van der Waals surface area contributed by atoms with Gasteiger partial charge >= 0.3 is 0 Å². The van der Waals surface area contributed by atoms with E-state index in [1.54, 1.807) is 12.1 Å². The van der Waals surface area contributed by atoms with Crippen molar-refractivity contribution in [2.24, 2.45) is 0 Å². The molecule has 1 aromatic rings. The normalized spacial score (nSPS) is 9.18. The molecule has 1 amide bonds. The summed E-state index contributed by atoms with van der Waals surface area (Å²) in [7, 11) is 0. The Morgan fingerprint density at radius 3 is 2.47 bits per heavy atom. The average molecular weight is 292 g/mol. The third-order valence-corrected chi connectivity index (χ3v) is 2.85. The van der Waals surface area contributed by atoms with E-state index < -0.39 is 0 Å². The van der Waals surface area contributed by atoms with Crippen LogP contribution >= 0.6 is 15.9 Å². The molecule has 0 N–H and O–H groups in total. The first-order chi connectivity index (χ1) is 8.10. The minimum atomic E-state index is -0.316. The van der Waals surface area contributed by atoms with Crippen molar-refractivity contribution in [2.45, 2.75) is 6.92 Å². The predicted molar refractivity (Wildman–Crippen MR) is 66.0 cm³/mol. The molecule has 1 rings (SSSR count). The highest BCUT2D eigenvalue weighted by molar-refractivity contribution is 9.10. The van der Waals surface area contributed by atoms with E-state index in [1.807, 2.05) is 25.1 Å². The van der Waals surface area contributed by atoms with Crippen molar-refractivity contribution in [3.05, 3.63) is 33.8 Å². The lowest BCUT2D eigenvalue weighted by atomic mass is 10.1. The first kappa shape index (κ1) is 13.2. The summed E-state index contributed by atoms with van der Waals surface area (Å²) >= 11 is 3.29. The van der Waals surface area contributed by atoms with E-state index in [0.29, 0.717) is 10.0 Å². The molecule has 0 spiro atoms. The van der Waals surface area contributed by atoms with Gasteiger partial charge in [0.1, 0.15) is 13.1 Å². The Balaban J connectivity index is 3.06. The maximum atomic E-state index is 12.1. The van der Waals surface area contributed by atoms with Crippen LogP contribution in [-0.2, 0) is 0 Å². The topological polar surface area (TPSA) is 67.9 Å². The zero-order chi connectivity index (χ0) is 12.8. The number of nitrogens with zero attached hydrogens (tertiary/aromatic N) is 3. The van der Waals surface area contributed by atoms with Crippen LogP contribution in [0, 0.1) is 29.6 Å². The van der Waals surface area contributed by atoms with Gasteiger partial charge in [-0.25, -0.2) is 0 Å². The minimum absolute atomic E-state index is 0.0905. The molecule has 0 aromatic heterocycles. The fourth-order valence-corrected chi connectivity index (χ4v) is 1.76. The molecule has 0 aliphatic heterocycles. The maximum Gasteiger partial charge on any atom is 0.256 e. The summed E-state index contributed by atoms with van der Waals surface area (Å²) in [5.74, 6) is -0.316. The van der Waals surface area contributed by atoms with E-state index in [0.717, 1.165) is 5.56 Å². The van der Waals surface area contributed by atoms with Crippen molar-refractivity contribution in [3.63, 3.8) is 0 Å². The Hall–Kier alpha value is -1.85. The Morgan fingerprint density at radius 2 is 1.94 bits per heavy atom. The lowest BCUT2D eigenvalue weighted by Gasteiger charge is -2.16. The second-order valence-corrected chi connectivity index (χ2v) is 4.32. The highest BCUT2D eigenvalue weighted by Gasteiger charge is 2.17.